The summed E-state index contributed by atoms with van der Waals surface area (Å²) in [4.78, 5) is 38.7. The van der Waals surface area contributed by atoms with Gasteiger partial charge in [0.1, 0.15) is 5.82 Å². The second kappa shape index (κ2) is 11.2. The number of morpholine rings is 1. The summed E-state index contributed by atoms with van der Waals surface area (Å²) in [5, 5.41) is 3.36. The van der Waals surface area contributed by atoms with Crippen LogP contribution in [0.25, 0.3) is 16.8 Å². The molecule has 2 aliphatic rings. The fourth-order valence-electron chi connectivity index (χ4n) is 4.96. The van der Waals surface area contributed by atoms with Gasteiger partial charge in [0.25, 0.3) is 5.91 Å². The van der Waals surface area contributed by atoms with Crippen molar-refractivity contribution >= 4 is 28.8 Å². The molecule has 1 aromatic carbocycles. The Morgan fingerprint density at radius 2 is 1.85 bits per heavy atom. The van der Waals surface area contributed by atoms with Crippen LogP contribution in [-0.2, 0) is 4.74 Å². The number of amides is 1. The van der Waals surface area contributed by atoms with Crippen molar-refractivity contribution in [2.24, 2.45) is 0 Å². The molecule has 0 radical (unpaired) electrons. The zero-order chi connectivity index (χ0) is 26.6. The number of aromatic nitrogens is 3. The molecule has 0 aliphatic carbocycles. The Kier molecular flexibility index (Phi) is 7.16. The molecule has 6 rings (SSSR count). The molecule has 3 aromatic heterocycles. The van der Waals surface area contributed by atoms with Crippen molar-refractivity contribution in [1.29, 1.82) is 0 Å². The van der Waals surface area contributed by atoms with Gasteiger partial charge >= 0.3 is 0 Å². The van der Waals surface area contributed by atoms with E-state index in [-0.39, 0.29) is 11.7 Å². The molecule has 1 N–H and O–H groups in total. The van der Waals surface area contributed by atoms with Gasteiger partial charge in [-0.05, 0) is 36.2 Å². The van der Waals surface area contributed by atoms with E-state index in [1.54, 1.807) is 29.4 Å². The van der Waals surface area contributed by atoms with Crippen LogP contribution in [0.4, 0.5) is 11.5 Å². The SMILES string of the molecule is O=C(CN1CC=CCC1)c1cccc(-c2cc(Nc3ccc(C(=O)N4CCOCC4)cn3)c3nccn3c2)c1. The summed E-state index contributed by atoms with van der Waals surface area (Å²) in [6, 6.07) is 13.4. The maximum atomic E-state index is 13.0. The molecular weight excluding hydrogens is 492 g/mol. The molecule has 5 heterocycles. The number of carbonyl (C=O) groups excluding carboxylic acids is 2. The minimum absolute atomic E-state index is 0.0406. The van der Waals surface area contributed by atoms with Crippen LogP contribution >= 0.6 is 0 Å². The number of hydrogen-bond donors (Lipinski definition) is 1. The van der Waals surface area contributed by atoms with Gasteiger partial charge in [-0.15, -0.1) is 0 Å². The Morgan fingerprint density at radius 1 is 0.949 bits per heavy atom. The lowest BCUT2D eigenvalue weighted by Crippen LogP contribution is -2.40. The Bertz CT molecular complexity index is 1520. The molecule has 1 saturated heterocycles. The molecule has 0 bridgehead atoms. The first-order valence-electron chi connectivity index (χ1n) is 13.2. The van der Waals surface area contributed by atoms with Crippen LogP contribution in [0.15, 0.2) is 79.4 Å². The van der Waals surface area contributed by atoms with Gasteiger partial charge in [-0.25, -0.2) is 9.97 Å². The molecule has 9 nitrogen and oxygen atoms in total. The van der Waals surface area contributed by atoms with Gasteiger partial charge in [0.2, 0.25) is 0 Å². The second-order valence-electron chi connectivity index (χ2n) is 9.76. The summed E-state index contributed by atoms with van der Waals surface area (Å²) in [6.07, 6.45) is 12.5. The number of Topliss-reactive ketones (excluding diaryl/α,β-unsaturated/α-hetero) is 1. The molecule has 4 aromatic rings. The number of benzene rings is 1. The number of nitrogens with zero attached hydrogens (tertiary/aromatic N) is 5. The van der Waals surface area contributed by atoms with Crippen LogP contribution in [0, 0.1) is 0 Å². The maximum Gasteiger partial charge on any atom is 0.255 e. The summed E-state index contributed by atoms with van der Waals surface area (Å²) in [6.45, 7) is 4.43. The molecule has 39 heavy (non-hydrogen) atoms. The van der Waals surface area contributed by atoms with Crippen molar-refractivity contribution in [2.75, 3.05) is 51.3 Å². The van der Waals surface area contributed by atoms with Crippen LogP contribution in [-0.4, -0.2) is 81.8 Å². The van der Waals surface area contributed by atoms with E-state index in [4.69, 9.17) is 4.74 Å². The van der Waals surface area contributed by atoms with Crippen molar-refractivity contribution in [2.45, 2.75) is 6.42 Å². The standard InChI is InChI=1S/C30H30N6O3/c37-27(21-34-10-2-1-3-11-34)23-6-4-5-22(17-23)25-18-26(29-31-9-12-36(29)20-25)33-28-8-7-24(19-32-28)30(38)35-13-15-39-16-14-35/h1-2,4-9,12,17-20H,3,10-11,13-16,21H2,(H,32,33). The van der Waals surface area contributed by atoms with Crippen molar-refractivity contribution in [3.05, 3.63) is 90.5 Å². The van der Waals surface area contributed by atoms with E-state index in [9.17, 15) is 9.59 Å². The monoisotopic (exact) mass is 522 g/mol. The van der Waals surface area contributed by atoms with Crippen molar-refractivity contribution in [1.82, 2.24) is 24.2 Å². The van der Waals surface area contributed by atoms with E-state index < -0.39 is 0 Å². The number of pyridine rings is 2. The van der Waals surface area contributed by atoms with Crippen LogP contribution in [0.5, 0.6) is 0 Å². The fourth-order valence-corrected chi connectivity index (χ4v) is 4.96. The lowest BCUT2D eigenvalue weighted by atomic mass is 10.0. The zero-order valence-corrected chi connectivity index (χ0v) is 21.6. The number of carbonyl (C=O) groups is 2. The van der Waals surface area contributed by atoms with Crippen LogP contribution in [0.1, 0.15) is 27.1 Å². The average Bonchev–Trinajstić information content (AvgIpc) is 3.48. The van der Waals surface area contributed by atoms with Gasteiger partial charge in [0, 0.05) is 62.1 Å². The van der Waals surface area contributed by atoms with E-state index >= 15 is 0 Å². The number of nitrogens with one attached hydrogen (secondary N) is 1. The van der Waals surface area contributed by atoms with Gasteiger partial charge in [0.05, 0.1) is 31.0 Å². The number of fused-ring (bicyclic) bond motifs is 1. The predicted molar refractivity (Wildman–Crippen MR) is 149 cm³/mol. The third kappa shape index (κ3) is 5.59. The normalized spacial score (nSPS) is 15.9. The third-order valence-electron chi connectivity index (χ3n) is 7.09. The topological polar surface area (TPSA) is 92.1 Å². The molecule has 0 saturated carbocycles. The van der Waals surface area contributed by atoms with E-state index in [0.717, 1.165) is 42.0 Å². The van der Waals surface area contributed by atoms with Crippen LogP contribution in [0.3, 0.4) is 0 Å². The van der Waals surface area contributed by atoms with Gasteiger partial charge in [-0.3, -0.25) is 14.5 Å². The van der Waals surface area contributed by atoms with Crippen molar-refractivity contribution in [3.63, 3.8) is 0 Å². The van der Waals surface area contributed by atoms with E-state index in [2.05, 4.69) is 32.3 Å². The third-order valence-corrected chi connectivity index (χ3v) is 7.09. The fraction of sp³-hybridized carbons (Fsp3) is 0.267. The highest BCUT2D eigenvalue weighted by Crippen LogP contribution is 2.28. The first-order chi connectivity index (χ1) is 19.1. The predicted octanol–water partition coefficient (Wildman–Crippen LogP) is 4.06. The highest BCUT2D eigenvalue weighted by molar-refractivity contribution is 5.99. The molecule has 1 fully saturated rings. The lowest BCUT2D eigenvalue weighted by Gasteiger charge is -2.26. The summed E-state index contributed by atoms with van der Waals surface area (Å²) in [5.74, 6) is 0.682. The lowest BCUT2D eigenvalue weighted by molar-refractivity contribution is 0.0302. The number of imidazole rings is 1. The number of hydrogen-bond acceptors (Lipinski definition) is 7. The van der Waals surface area contributed by atoms with E-state index in [1.807, 2.05) is 47.1 Å². The minimum Gasteiger partial charge on any atom is -0.378 e. The van der Waals surface area contributed by atoms with Gasteiger partial charge < -0.3 is 19.4 Å². The Hall–Kier alpha value is -4.34. The summed E-state index contributed by atoms with van der Waals surface area (Å²) in [5.41, 5.74) is 4.65. The highest BCUT2D eigenvalue weighted by atomic mass is 16.5. The summed E-state index contributed by atoms with van der Waals surface area (Å²) >= 11 is 0. The summed E-state index contributed by atoms with van der Waals surface area (Å²) < 4.78 is 7.29. The molecule has 0 atom stereocenters. The molecule has 0 spiro atoms. The number of anilines is 2. The molecule has 198 valence electrons. The Morgan fingerprint density at radius 3 is 2.64 bits per heavy atom. The molecule has 9 heteroatoms. The van der Waals surface area contributed by atoms with Crippen LogP contribution in [0.2, 0.25) is 0 Å². The van der Waals surface area contributed by atoms with Crippen molar-refractivity contribution in [3.8, 4) is 11.1 Å². The first kappa shape index (κ1) is 25.0. The van der Waals surface area contributed by atoms with E-state index in [1.165, 1.54) is 0 Å². The average molecular weight is 523 g/mol. The zero-order valence-electron chi connectivity index (χ0n) is 21.6. The molecule has 1 amide bonds. The van der Waals surface area contributed by atoms with Gasteiger partial charge in [0.15, 0.2) is 11.4 Å². The van der Waals surface area contributed by atoms with Crippen LogP contribution < -0.4 is 5.32 Å². The van der Waals surface area contributed by atoms with E-state index in [0.29, 0.717) is 49.8 Å². The number of ketones is 1. The number of rotatable bonds is 7. The second-order valence-corrected chi connectivity index (χ2v) is 9.76. The Balaban J connectivity index is 1.23. The number of ether oxygens (including phenoxy) is 1. The minimum atomic E-state index is -0.0406. The van der Waals surface area contributed by atoms with Gasteiger partial charge in [-0.2, -0.15) is 0 Å². The summed E-state index contributed by atoms with van der Waals surface area (Å²) in [7, 11) is 0. The quantitative estimate of drug-likeness (QED) is 0.289. The smallest absolute Gasteiger partial charge is 0.255 e. The largest absolute Gasteiger partial charge is 0.378 e. The molecule has 2 aliphatic heterocycles. The maximum absolute atomic E-state index is 13.0. The van der Waals surface area contributed by atoms with Gasteiger partial charge in [-0.1, -0.05) is 30.4 Å². The molecular formula is C30H30N6O3. The van der Waals surface area contributed by atoms with Crippen molar-refractivity contribution < 1.29 is 14.3 Å². The Labute approximate surface area is 226 Å². The highest BCUT2D eigenvalue weighted by Gasteiger charge is 2.19. The first-order valence-corrected chi connectivity index (χ1v) is 13.2. The molecule has 0 unspecified atom stereocenters.